The molecule has 1 heterocycles. The van der Waals surface area contributed by atoms with Crippen LogP contribution in [-0.2, 0) is 0 Å². The highest BCUT2D eigenvalue weighted by Crippen LogP contribution is 2.34. The predicted molar refractivity (Wildman–Crippen MR) is 87.6 cm³/mol. The molecule has 0 spiro atoms. The molecule has 0 atom stereocenters. The lowest BCUT2D eigenvalue weighted by Gasteiger charge is -2.11. The molecule has 6 nitrogen and oxygen atoms in total. The molecule has 2 aromatic carbocycles. The van der Waals surface area contributed by atoms with E-state index in [1.807, 2.05) is 0 Å². The highest BCUT2D eigenvalue weighted by Gasteiger charge is 2.16. The van der Waals surface area contributed by atoms with E-state index < -0.39 is 12.0 Å². The Kier molecular flexibility index (Phi) is 4.76. The van der Waals surface area contributed by atoms with Crippen LogP contribution in [0.25, 0.3) is 11.4 Å². The Morgan fingerprint density at radius 2 is 1.80 bits per heavy atom. The quantitative estimate of drug-likeness (QED) is 0.674. The highest BCUT2D eigenvalue weighted by molar-refractivity contribution is 6.32. The number of rotatable bonds is 4. The van der Waals surface area contributed by atoms with Gasteiger partial charge in [0.25, 0.3) is 5.88 Å². The molecule has 0 fully saturated rings. The van der Waals surface area contributed by atoms with Crippen LogP contribution in [0.4, 0.5) is 9.18 Å². The summed E-state index contributed by atoms with van der Waals surface area (Å²) in [6, 6.07) is 12.1. The summed E-state index contributed by atoms with van der Waals surface area (Å²) >= 11 is 6.04. The van der Waals surface area contributed by atoms with Gasteiger partial charge in [0.2, 0.25) is 5.75 Å². The van der Waals surface area contributed by atoms with E-state index in [-0.39, 0.29) is 23.2 Å². The molecule has 0 radical (unpaired) electrons. The summed E-state index contributed by atoms with van der Waals surface area (Å²) in [5.41, 5.74) is 0.521. The Balaban J connectivity index is 2.02. The second-order valence-electron chi connectivity index (χ2n) is 4.77. The van der Waals surface area contributed by atoms with Crippen molar-refractivity contribution in [3.8, 4) is 28.8 Å². The third kappa shape index (κ3) is 4.02. The smallest absolute Gasteiger partial charge is 0.449 e. The summed E-state index contributed by atoms with van der Waals surface area (Å²) in [6.45, 7) is 0. The summed E-state index contributed by atoms with van der Waals surface area (Å²) < 4.78 is 23.3. The van der Waals surface area contributed by atoms with Crippen molar-refractivity contribution in [2.24, 2.45) is 0 Å². The van der Waals surface area contributed by atoms with Gasteiger partial charge in [-0.1, -0.05) is 23.7 Å². The average Bonchev–Trinajstić information content (AvgIpc) is 2.59. The number of halogens is 2. The van der Waals surface area contributed by atoms with Crippen LogP contribution >= 0.6 is 11.6 Å². The number of hydrogen-bond donors (Lipinski definition) is 1. The Morgan fingerprint density at radius 3 is 2.48 bits per heavy atom. The maximum absolute atomic E-state index is 13.1. The number of carbonyl (C=O) groups is 1. The van der Waals surface area contributed by atoms with E-state index >= 15 is 0 Å². The molecule has 0 amide bonds. The molecule has 0 aliphatic heterocycles. The maximum atomic E-state index is 13.1. The average molecular weight is 361 g/mol. The molecule has 0 unspecified atom stereocenters. The first-order valence-electron chi connectivity index (χ1n) is 6.99. The minimum Gasteiger partial charge on any atom is -0.449 e. The summed E-state index contributed by atoms with van der Waals surface area (Å²) in [7, 11) is 0. The fourth-order valence-corrected chi connectivity index (χ4v) is 2.14. The van der Waals surface area contributed by atoms with Crippen LogP contribution < -0.4 is 9.47 Å². The summed E-state index contributed by atoms with van der Waals surface area (Å²) in [4.78, 5) is 19.0. The molecule has 126 valence electrons. The van der Waals surface area contributed by atoms with Crippen molar-refractivity contribution < 1.29 is 23.8 Å². The van der Waals surface area contributed by atoms with Gasteiger partial charge < -0.3 is 14.6 Å². The predicted octanol–water partition coefficient (Wildman–Crippen LogP) is 4.79. The summed E-state index contributed by atoms with van der Waals surface area (Å²) in [6.07, 6.45) is -0.381. The third-order valence-corrected chi connectivity index (χ3v) is 3.38. The number of para-hydroxylation sites is 1. The molecule has 3 rings (SSSR count). The summed E-state index contributed by atoms with van der Waals surface area (Å²) in [5, 5.41) is 9.14. The van der Waals surface area contributed by atoms with Crippen LogP contribution in [0, 0.1) is 5.82 Å². The lowest BCUT2D eigenvalue weighted by Crippen LogP contribution is -2.06. The number of carboxylic acid groups (broad SMARTS) is 1. The van der Waals surface area contributed by atoms with Gasteiger partial charge >= 0.3 is 6.16 Å². The van der Waals surface area contributed by atoms with Gasteiger partial charge in [-0.15, -0.1) is 0 Å². The molecule has 25 heavy (non-hydrogen) atoms. The lowest BCUT2D eigenvalue weighted by atomic mass is 10.2. The molecule has 0 bridgehead atoms. The molecular weight excluding hydrogens is 351 g/mol. The highest BCUT2D eigenvalue weighted by atomic mass is 35.5. The van der Waals surface area contributed by atoms with Crippen molar-refractivity contribution in [2.45, 2.75) is 0 Å². The normalized spacial score (nSPS) is 10.3. The van der Waals surface area contributed by atoms with Gasteiger partial charge in [-0.05, 0) is 36.4 Å². The zero-order valence-electron chi connectivity index (χ0n) is 12.5. The Labute approximate surface area is 146 Å². The molecule has 0 aliphatic rings. The van der Waals surface area contributed by atoms with Crippen LogP contribution in [0.15, 0.2) is 54.7 Å². The number of nitrogens with zero attached hydrogens (tertiary/aromatic N) is 2. The zero-order chi connectivity index (χ0) is 17.8. The zero-order valence-corrected chi connectivity index (χ0v) is 13.3. The fraction of sp³-hybridized carbons (Fsp3) is 0. The van der Waals surface area contributed by atoms with Gasteiger partial charge in [0.15, 0.2) is 5.82 Å². The number of ether oxygens (including phenoxy) is 2. The molecule has 0 saturated heterocycles. The van der Waals surface area contributed by atoms with E-state index in [1.54, 1.807) is 24.3 Å². The van der Waals surface area contributed by atoms with Crippen molar-refractivity contribution in [1.82, 2.24) is 9.97 Å². The third-order valence-electron chi connectivity index (χ3n) is 3.07. The van der Waals surface area contributed by atoms with Crippen molar-refractivity contribution in [2.75, 3.05) is 0 Å². The molecular formula is C17H10ClFN2O4. The van der Waals surface area contributed by atoms with Crippen molar-refractivity contribution >= 4 is 17.8 Å². The number of aromatic nitrogens is 2. The van der Waals surface area contributed by atoms with Gasteiger partial charge in [0.1, 0.15) is 11.6 Å². The first-order chi connectivity index (χ1) is 12.0. The molecule has 3 aromatic rings. The Hall–Kier alpha value is -3.19. The molecule has 0 aliphatic carbocycles. The van der Waals surface area contributed by atoms with Crippen molar-refractivity contribution in [3.63, 3.8) is 0 Å². The van der Waals surface area contributed by atoms with Gasteiger partial charge in [0.05, 0.1) is 11.2 Å². The first kappa shape index (κ1) is 16.7. The van der Waals surface area contributed by atoms with E-state index in [4.69, 9.17) is 21.4 Å². The van der Waals surface area contributed by atoms with Crippen molar-refractivity contribution in [3.05, 3.63) is 65.6 Å². The van der Waals surface area contributed by atoms with Crippen LogP contribution in [0.5, 0.6) is 17.4 Å². The van der Waals surface area contributed by atoms with E-state index in [9.17, 15) is 9.18 Å². The standard InChI is InChI=1S/C17H10ClFN2O4/c18-12-3-1-2-4-13(12)24-16-14(25-17(22)23)9-20-15(21-16)10-5-7-11(19)8-6-10/h1-9H,(H,22,23). The number of hydrogen-bond acceptors (Lipinski definition) is 5. The molecule has 8 heteroatoms. The minimum absolute atomic E-state index is 0.134. The SMILES string of the molecule is O=C(O)Oc1cnc(-c2ccc(F)cc2)nc1Oc1ccccc1Cl. The van der Waals surface area contributed by atoms with E-state index in [1.165, 1.54) is 24.3 Å². The van der Waals surface area contributed by atoms with Crippen LogP contribution in [-0.4, -0.2) is 21.2 Å². The minimum atomic E-state index is -1.54. The van der Waals surface area contributed by atoms with Crippen LogP contribution in [0.1, 0.15) is 0 Å². The summed E-state index contributed by atoms with van der Waals surface area (Å²) in [5.74, 6) is -0.256. The van der Waals surface area contributed by atoms with E-state index in [0.29, 0.717) is 10.6 Å². The van der Waals surface area contributed by atoms with Gasteiger partial charge in [-0.2, -0.15) is 4.98 Å². The van der Waals surface area contributed by atoms with Gasteiger partial charge in [-0.3, -0.25) is 0 Å². The molecule has 0 saturated carbocycles. The van der Waals surface area contributed by atoms with Gasteiger partial charge in [-0.25, -0.2) is 14.2 Å². The Bertz CT molecular complexity index is 919. The van der Waals surface area contributed by atoms with E-state index in [0.717, 1.165) is 6.20 Å². The largest absolute Gasteiger partial charge is 0.511 e. The van der Waals surface area contributed by atoms with E-state index in [2.05, 4.69) is 14.7 Å². The Morgan fingerprint density at radius 1 is 1.08 bits per heavy atom. The lowest BCUT2D eigenvalue weighted by molar-refractivity contribution is 0.142. The second-order valence-corrected chi connectivity index (χ2v) is 5.18. The van der Waals surface area contributed by atoms with Crippen molar-refractivity contribution in [1.29, 1.82) is 0 Å². The molecule has 1 N–H and O–H groups in total. The maximum Gasteiger partial charge on any atom is 0.511 e. The number of benzene rings is 2. The monoisotopic (exact) mass is 360 g/mol. The first-order valence-corrected chi connectivity index (χ1v) is 7.37. The molecule has 1 aromatic heterocycles. The van der Waals surface area contributed by atoms with Gasteiger partial charge in [0, 0.05) is 5.56 Å². The fourth-order valence-electron chi connectivity index (χ4n) is 1.96. The van der Waals surface area contributed by atoms with Crippen LogP contribution in [0.3, 0.4) is 0 Å². The second kappa shape index (κ2) is 7.14. The van der Waals surface area contributed by atoms with Crippen LogP contribution in [0.2, 0.25) is 5.02 Å². The topological polar surface area (TPSA) is 81.5 Å².